The number of halogens is 2. The van der Waals surface area contributed by atoms with E-state index in [9.17, 15) is 8.78 Å². The quantitative estimate of drug-likeness (QED) is 0.397. The van der Waals surface area contributed by atoms with E-state index in [1.807, 2.05) is 18.4 Å². The van der Waals surface area contributed by atoms with E-state index in [1.165, 1.54) is 29.7 Å². The van der Waals surface area contributed by atoms with Crippen molar-refractivity contribution in [3.05, 3.63) is 75.9 Å². The first-order valence-electron chi connectivity index (χ1n) is 9.00. The van der Waals surface area contributed by atoms with Gasteiger partial charge in [-0.3, -0.25) is 4.99 Å². The van der Waals surface area contributed by atoms with Crippen molar-refractivity contribution in [2.75, 3.05) is 20.8 Å². The van der Waals surface area contributed by atoms with E-state index in [0.29, 0.717) is 28.5 Å². The molecule has 0 spiro atoms. The van der Waals surface area contributed by atoms with Crippen LogP contribution in [-0.4, -0.2) is 31.7 Å². The fraction of sp³-hybridized carbons (Fsp3) is 0.182. The molecule has 0 aliphatic rings. The summed E-state index contributed by atoms with van der Waals surface area (Å²) in [6, 6.07) is 8.75. The van der Waals surface area contributed by atoms with Gasteiger partial charge < -0.3 is 9.47 Å². The Hall–Kier alpha value is -3.26. The molecule has 0 amide bonds. The van der Waals surface area contributed by atoms with Crippen molar-refractivity contribution in [2.24, 2.45) is 10.1 Å². The number of aromatic nitrogens is 1. The first-order valence-corrected chi connectivity index (χ1v) is 9.88. The van der Waals surface area contributed by atoms with E-state index in [-0.39, 0.29) is 5.56 Å². The van der Waals surface area contributed by atoms with Crippen LogP contribution in [0.3, 0.4) is 0 Å². The molecule has 0 fully saturated rings. The number of ether oxygens (including phenoxy) is 2. The van der Waals surface area contributed by atoms with E-state index in [0.717, 1.165) is 17.2 Å². The summed E-state index contributed by atoms with van der Waals surface area (Å²) in [6.07, 6.45) is 1.33. The Bertz CT molecular complexity index is 1170. The molecule has 0 radical (unpaired) electrons. The summed E-state index contributed by atoms with van der Waals surface area (Å²) in [5.74, 6) is -0.0724. The molecule has 0 N–H and O–H groups in total. The normalized spacial score (nSPS) is 11.8. The summed E-state index contributed by atoms with van der Waals surface area (Å²) in [7, 11) is 3.15. The molecule has 0 saturated heterocycles. The molecule has 0 atom stereocenters. The van der Waals surface area contributed by atoms with E-state index in [4.69, 9.17) is 9.47 Å². The molecule has 2 aromatic carbocycles. The highest BCUT2D eigenvalue weighted by molar-refractivity contribution is 7.07. The third-order valence-corrected chi connectivity index (χ3v) is 4.98. The highest BCUT2D eigenvalue weighted by Crippen LogP contribution is 2.33. The van der Waals surface area contributed by atoms with Gasteiger partial charge in [-0.2, -0.15) is 5.10 Å². The SMILES string of the molecule is C=C(C)CN=c1scc(-c2cc(OC)ccc2OC)n1N=Cc1ccc(F)cc1F. The molecule has 0 unspecified atom stereocenters. The number of hydrogen-bond donors (Lipinski definition) is 0. The number of benzene rings is 2. The Balaban J connectivity index is 2.17. The number of methoxy groups -OCH3 is 2. The van der Waals surface area contributed by atoms with Gasteiger partial charge in [0, 0.05) is 22.6 Å². The summed E-state index contributed by atoms with van der Waals surface area (Å²) in [6.45, 7) is 6.18. The molecule has 3 rings (SSSR count). The van der Waals surface area contributed by atoms with Crippen molar-refractivity contribution < 1.29 is 18.3 Å². The van der Waals surface area contributed by atoms with Crippen LogP contribution in [0.2, 0.25) is 0 Å². The van der Waals surface area contributed by atoms with Gasteiger partial charge in [-0.1, -0.05) is 12.2 Å². The van der Waals surface area contributed by atoms with Gasteiger partial charge in [-0.25, -0.2) is 13.5 Å². The standard InChI is InChI=1S/C22H21F2N3O2S/c1-14(2)11-25-22-27(26-12-15-5-6-16(23)9-19(15)24)20(13-30-22)18-10-17(28-3)7-8-21(18)29-4/h5-10,12-13H,1,11H2,2-4H3. The van der Waals surface area contributed by atoms with Crippen molar-refractivity contribution in [1.82, 2.24) is 4.68 Å². The Morgan fingerprint density at radius 1 is 1.17 bits per heavy atom. The van der Waals surface area contributed by atoms with Gasteiger partial charge in [0.1, 0.15) is 23.1 Å². The van der Waals surface area contributed by atoms with Crippen LogP contribution in [0.25, 0.3) is 11.3 Å². The van der Waals surface area contributed by atoms with Crippen molar-refractivity contribution in [1.29, 1.82) is 0 Å². The third-order valence-electron chi connectivity index (χ3n) is 4.13. The van der Waals surface area contributed by atoms with Crippen LogP contribution < -0.4 is 14.3 Å². The molecule has 5 nitrogen and oxygen atoms in total. The molecule has 1 heterocycles. The lowest BCUT2D eigenvalue weighted by molar-refractivity contribution is 0.404. The van der Waals surface area contributed by atoms with Crippen molar-refractivity contribution >= 4 is 17.6 Å². The lowest BCUT2D eigenvalue weighted by Gasteiger charge is -2.11. The van der Waals surface area contributed by atoms with Crippen LogP contribution in [0, 0.1) is 11.6 Å². The zero-order valence-corrected chi connectivity index (χ0v) is 17.7. The van der Waals surface area contributed by atoms with Gasteiger partial charge in [-0.15, -0.1) is 11.3 Å². The smallest absolute Gasteiger partial charge is 0.206 e. The lowest BCUT2D eigenvalue weighted by Crippen LogP contribution is -2.13. The predicted molar refractivity (Wildman–Crippen MR) is 115 cm³/mol. The first-order chi connectivity index (χ1) is 14.4. The second-order valence-corrected chi connectivity index (χ2v) is 7.30. The Kier molecular flexibility index (Phi) is 6.79. The van der Waals surface area contributed by atoms with Crippen LogP contribution in [0.4, 0.5) is 8.78 Å². The lowest BCUT2D eigenvalue weighted by atomic mass is 10.1. The average Bonchev–Trinajstić information content (AvgIpc) is 3.13. The third kappa shape index (κ3) is 4.83. The van der Waals surface area contributed by atoms with Crippen LogP contribution in [0.1, 0.15) is 12.5 Å². The monoisotopic (exact) mass is 429 g/mol. The Labute approximate surface area is 177 Å². The molecule has 0 aliphatic heterocycles. The maximum atomic E-state index is 14.1. The van der Waals surface area contributed by atoms with Gasteiger partial charge in [0.05, 0.1) is 32.7 Å². The molecular weight excluding hydrogens is 408 g/mol. The Morgan fingerprint density at radius 3 is 2.63 bits per heavy atom. The second-order valence-electron chi connectivity index (χ2n) is 6.47. The van der Waals surface area contributed by atoms with Crippen LogP contribution in [-0.2, 0) is 0 Å². The van der Waals surface area contributed by atoms with Crippen molar-refractivity contribution in [3.8, 4) is 22.8 Å². The van der Waals surface area contributed by atoms with Gasteiger partial charge >= 0.3 is 0 Å². The molecule has 3 aromatic rings. The summed E-state index contributed by atoms with van der Waals surface area (Å²) < 4.78 is 39.7. The maximum absolute atomic E-state index is 14.1. The molecule has 0 saturated carbocycles. The van der Waals surface area contributed by atoms with E-state index in [2.05, 4.69) is 16.7 Å². The number of thiazole rings is 1. The van der Waals surface area contributed by atoms with Crippen LogP contribution >= 0.6 is 11.3 Å². The molecule has 1 aromatic heterocycles. The highest BCUT2D eigenvalue weighted by Gasteiger charge is 2.14. The molecule has 0 bridgehead atoms. The minimum atomic E-state index is -0.699. The fourth-order valence-electron chi connectivity index (χ4n) is 2.65. The number of rotatable bonds is 7. The topological polar surface area (TPSA) is 48.1 Å². The summed E-state index contributed by atoms with van der Waals surface area (Å²) in [4.78, 5) is 5.14. The summed E-state index contributed by atoms with van der Waals surface area (Å²) >= 11 is 1.38. The second kappa shape index (κ2) is 9.49. The first kappa shape index (κ1) is 21.4. The van der Waals surface area contributed by atoms with Gasteiger partial charge in [0.15, 0.2) is 0 Å². The minimum absolute atomic E-state index is 0.157. The zero-order chi connectivity index (χ0) is 21.7. The molecule has 30 heavy (non-hydrogen) atoms. The van der Waals surface area contributed by atoms with Gasteiger partial charge in [0.25, 0.3) is 0 Å². The van der Waals surface area contributed by atoms with E-state index < -0.39 is 11.6 Å². The van der Waals surface area contributed by atoms with E-state index in [1.54, 1.807) is 31.0 Å². The largest absolute Gasteiger partial charge is 0.497 e. The highest BCUT2D eigenvalue weighted by atomic mass is 32.1. The predicted octanol–water partition coefficient (Wildman–Crippen LogP) is 4.87. The van der Waals surface area contributed by atoms with Crippen molar-refractivity contribution in [2.45, 2.75) is 6.92 Å². The molecular formula is C22H21F2N3O2S. The van der Waals surface area contributed by atoms with E-state index >= 15 is 0 Å². The van der Waals surface area contributed by atoms with Crippen LogP contribution in [0.15, 0.2) is 64.0 Å². The number of hydrogen-bond acceptors (Lipinski definition) is 5. The fourth-order valence-corrected chi connectivity index (χ4v) is 3.48. The molecule has 156 valence electrons. The Morgan fingerprint density at radius 2 is 1.97 bits per heavy atom. The average molecular weight is 429 g/mol. The molecule has 0 aliphatic carbocycles. The van der Waals surface area contributed by atoms with Crippen LogP contribution in [0.5, 0.6) is 11.5 Å². The summed E-state index contributed by atoms with van der Waals surface area (Å²) in [5, 5.41) is 6.31. The maximum Gasteiger partial charge on any atom is 0.206 e. The van der Waals surface area contributed by atoms with Gasteiger partial charge in [0.2, 0.25) is 4.80 Å². The van der Waals surface area contributed by atoms with Gasteiger partial charge in [-0.05, 0) is 37.3 Å². The molecule has 8 heteroatoms. The zero-order valence-electron chi connectivity index (χ0n) is 16.9. The minimum Gasteiger partial charge on any atom is -0.497 e. The van der Waals surface area contributed by atoms with Crippen molar-refractivity contribution in [3.63, 3.8) is 0 Å². The number of nitrogens with zero attached hydrogens (tertiary/aromatic N) is 3. The summed E-state index contributed by atoms with van der Waals surface area (Å²) in [5.41, 5.74) is 2.48.